The summed E-state index contributed by atoms with van der Waals surface area (Å²) in [4.78, 5) is 15.4. The number of ether oxygens (including phenoxy) is 2. The topological polar surface area (TPSA) is 87.7 Å². The van der Waals surface area contributed by atoms with Crippen LogP contribution in [-0.2, 0) is 4.74 Å². The maximum atomic E-state index is 13.6. The fourth-order valence-corrected chi connectivity index (χ4v) is 5.02. The van der Waals surface area contributed by atoms with Gasteiger partial charge in [0.05, 0.1) is 18.8 Å². The zero-order chi connectivity index (χ0) is 27.2. The average molecular weight is 540 g/mol. The van der Waals surface area contributed by atoms with Crippen molar-refractivity contribution in [2.75, 3.05) is 19.8 Å². The zero-order valence-electron chi connectivity index (χ0n) is 22.7. The van der Waals surface area contributed by atoms with Gasteiger partial charge in [0.15, 0.2) is 0 Å². The lowest BCUT2D eigenvalue weighted by atomic mass is 9.95. The Kier molecular flexibility index (Phi) is 9.34. The Bertz CT molecular complexity index is 1240. The number of fused-ring (bicyclic) bond motifs is 1. The van der Waals surface area contributed by atoms with Crippen LogP contribution in [-0.4, -0.2) is 52.0 Å². The van der Waals surface area contributed by atoms with Crippen molar-refractivity contribution in [3.63, 3.8) is 0 Å². The molecular weight excluding hydrogens is 502 g/mol. The van der Waals surface area contributed by atoms with Crippen molar-refractivity contribution in [3.8, 4) is 22.8 Å². The molecule has 2 aromatic carbocycles. The summed E-state index contributed by atoms with van der Waals surface area (Å²) in [5.41, 5.74) is 3.90. The summed E-state index contributed by atoms with van der Waals surface area (Å²) < 4.78 is 11.7. The molecule has 0 aliphatic carbocycles. The van der Waals surface area contributed by atoms with Gasteiger partial charge in [-0.2, -0.15) is 5.10 Å². The lowest BCUT2D eigenvalue weighted by Gasteiger charge is -2.27. The zero-order valence-corrected chi connectivity index (χ0v) is 23.5. The van der Waals surface area contributed by atoms with Gasteiger partial charge in [0.2, 0.25) is 0 Å². The van der Waals surface area contributed by atoms with Gasteiger partial charge in [0.1, 0.15) is 22.9 Å². The van der Waals surface area contributed by atoms with Gasteiger partial charge in [-0.15, -0.1) is 0 Å². The average Bonchev–Trinajstić information content (AvgIpc) is 3.43. The molecular formula is C30H38ClN3O4. The van der Waals surface area contributed by atoms with Gasteiger partial charge in [0, 0.05) is 29.3 Å². The summed E-state index contributed by atoms with van der Waals surface area (Å²) in [5.74, 6) is 0.757. The molecule has 0 bridgehead atoms. The van der Waals surface area contributed by atoms with E-state index in [1.807, 2.05) is 49.9 Å². The number of carbonyl (C=O) groups is 1. The minimum absolute atomic E-state index is 0.0722. The fourth-order valence-electron chi connectivity index (χ4n) is 4.85. The number of amides is 1. The highest BCUT2D eigenvalue weighted by atomic mass is 35.5. The number of aromatic hydroxyl groups is 1. The first-order chi connectivity index (χ1) is 18.3. The smallest absolute Gasteiger partial charge is 0.273 e. The number of H-pyrrole nitrogens is 1. The summed E-state index contributed by atoms with van der Waals surface area (Å²) >= 11 is 6.41. The third-order valence-electron chi connectivity index (χ3n) is 6.85. The minimum Gasteiger partial charge on any atom is -0.507 e. The highest BCUT2D eigenvalue weighted by Crippen LogP contribution is 2.45. The fraction of sp³-hybridized carbons (Fsp3) is 0.467. The molecule has 8 heteroatoms. The van der Waals surface area contributed by atoms with Gasteiger partial charge in [-0.3, -0.25) is 9.89 Å². The van der Waals surface area contributed by atoms with Crippen molar-refractivity contribution in [1.29, 1.82) is 0 Å². The van der Waals surface area contributed by atoms with Crippen molar-refractivity contribution in [1.82, 2.24) is 15.1 Å². The molecule has 4 rings (SSSR count). The lowest BCUT2D eigenvalue weighted by molar-refractivity contribution is 0.0601. The van der Waals surface area contributed by atoms with Gasteiger partial charge in [-0.1, -0.05) is 49.9 Å². The van der Waals surface area contributed by atoms with E-state index in [9.17, 15) is 9.90 Å². The molecule has 0 radical (unpaired) electrons. The summed E-state index contributed by atoms with van der Waals surface area (Å²) in [6.07, 6.45) is 5.44. The second kappa shape index (κ2) is 12.7. The molecule has 1 unspecified atom stereocenters. The summed E-state index contributed by atoms with van der Waals surface area (Å²) in [6.45, 7) is 9.80. The quantitative estimate of drug-likeness (QED) is 0.227. The normalized spacial score (nSPS) is 14.9. The first-order valence-electron chi connectivity index (χ1n) is 13.5. The number of hydrogen-bond donors (Lipinski definition) is 2. The van der Waals surface area contributed by atoms with Crippen LogP contribution >= 0.6 is 11.6 Å². The van der Waals surface area contributed by atoms with Crippen LogP contribution in [0, 0.1) is 6.92 Å². The highest BCUT2D eigenvalue weighted by molar-refractivity contribution is 6.31. The van der Waals surface area contributed by atoms with Crippen LogP contribution in [0.3, 0.4) is 0 Å². The van der Waals surface area contributed by atoms with E-state index in [0.29, 0.717) is 48.2 Å². The maximum absolute atomic E-state index is 13.6. The molecule has 1 aliphatic heterocycles. The molecule has 1 aliphatic rings. The van der Waals surface area contributed by atoms with E-state index in [-0.39, 0.29) is 23.8 Å². The van der Waals surface area contributed by atoms with Gasteiger partial charge in [0.25, 0.3) is 5.91 Å². The van der Waals surface area contributed by atoms with E-state index < -0.39 is 0 Å². The lowest BCUT2D eigenvalue weighted by Crippen LogP contribution is -2.31. The number of hydrogen-bond acceptors (Lipinski definition) is 5. The Morgan fingerprint density at radius 1 is 1.11 bits per heavy atom. The molecule has 0 fully saturated rings. The molecule has 3 aromatic rings. The van der Waals surface area contributed by atoms with Crippen molar-refractivity contribution in [3.05, 3.63) is 63.8 Å². The van der Waals surface area contributed by atoms with Crippen LogP contribution in [0.1, 0.15) is 86.1 Å². The number of phenols is 1. The largest absolute Gasteiger partial charge is 0.507 e. The van der Waals surface area contributed by atoms with Crippen molar-refractivity contribution >= 4 is 17.5 Å². The van der Waals surface area contributed by atoms with E-state index in [0.717, 1.165) is 35.3 Å². The van der Waals surface area contributed by atoms with Crippen LogP contribution in [0.4, 0.5) is 0 Å². The van der Waals surface area contributed by atoms with E-state index in [1.165, 1.54) is 12.8 Å². The standard InChI is InChI=1S/C30H38ClN3O4/c1-5-6-7-8-15-38-22-12-10-21(11-13-22)29-26-27(23-18-24(31)20(4)17-25(23)35)32-33-28(26)30(36)34(29)14-9-16-37-19(2)3/h10-13,17-19,29,35H,5-9,14-16H2,1-4H3,(H,32,33). The Balaban J connectivity index is 1.65. The van der Waals surface area contributed by atoms with Gasteiger partial charge >= 0.3 is 0 Å². The number of rotatable bonds is 13. The molecule has 0 saturated carbocycles. The molecule has 2 heterocycles. The number of unbranched alkanes of at least 4 members (excludes halogenated alkanes) is 3. The predicted molar refractivity (Wildman–Crippen MR) is 150 cm³/mol. The summed E-state index contributed by atoms with van der Waals surface area (Å²) in [6, 6.07) is 10.9. The molecule has 1 aromatic heterocycles. The monoisotopic (exact) mass is 539 g/mol. The molecule has 0 saturated heterocycles. The number of nitrogens with zero attached hydrogens (tertiary/aromatic N) is 2. The molecule has 204 valence electrons. The van der Waals surface area contributed by atoms with E-state index in [4.69, 9.17) is 21.1 Å². The maximum Gasteiger partial charge on any atom is 0.273 e. The number of nitrogens with one attached hydrogen (secondary N) is 1. The number of halogens is 1. The Labute approximate surface area is 230 Å². The third kappa shape index (κ3) is 6.16. The number of aromatic nitrogens is 2. The second-order valence-electron chi connectivity index (χ2n) is 10.1. The Hall–Kier alpha value is -3.03. The van der Waals surface area contributed by atoms with Crippen LogP contribution in [0.15, 0.2) is 36.4 Å². The number of carbonyl (C=O) groups excluding carboxylic acids is 1. The van der Waals surface area contributed by atoms with Gasteiger partial charge in [-0.05, 0) is 69.0 Å². The summed E-state index contributed by atoms with van der Waals surface area (Å²) in [5, 5.41) is 18.7. The molecule has 38 heavy (non-hydrogen) atoms. The number of aromatic amines is 1. The molecule has 7 nitrogen and oxygen atoms in total. The van der Waals surface area contributed by atoms with E-state index >= 15 is 0 Å². The Morgan fingerprint density at radius 2 is 1.87 bits per heavy atom. The van der Waals surface area contributed by atoms with E-state index in [1.54, 1.807) is 12.1 Å². The number of benzene rings is 2. The Morgan fingerprint density at radius 3 is 2.58 bits per heavy atom. The molecule has 2 N–H and O–H groups in total. The minimum atomic E-state index is -0.372. The highest BCUT2D eigenvalue weighted by Gasteiger charge is 2.42. The van der Waals surface area contributed by atoms with Crippen molar-refractivity contribution < 1.29 is 19.4 Å². The van der Waals surface area contributed by atoms with Crippen molar-refractivity contribution in [2.45, 2.75) is 71.9 Å². The van der Waals surface area contributed by atoms with Crippen LogP contribution in [0.2, 0.25) is 5.02 Å². The van der Waals surface area contributed by atoms with Crippen LogP contribution < -0.4 is 4.74 Å². The number of aryl methyl sites for hydroxylation is 1. The van der Waals surface area contributed by atoms with Gasteiger partial charge < -0.3 is 19.5 Å². The van der Waals surface area contributed by atoms with Crippen LogP contribution in [0.25, 0.3) is 11.3 Å². The number of phenolic OH excluding ortho intramolecular Hbond substituents is 1. The molecule has 1 amide bonds. The second-order valence-corrected chi connectivity index (χ2v) is 10.5. The summed E-state index contributed by atoms with van der Waals surface area (Å²) in [7, 11) is 0. The van der Waals surface area contributed by atoms with Gasteiger partial charge in [-0.25, -0.2) is 0 Å². The van der Waals surface area contributed by atoms with E-state index in [2.05, 4.69) is 17.1 Å². The van der Waals surface area contributed by atoms with Crippen molar-refractivity contribution in [2.24, 2.45) is 0 Å². The molecule has 0 spiro atoms. The predicted octanol–water partition coefficient (Wildman–Crippen LogP) is 7.06. The SMILES string of the molecule is CCCCCCOc1ccc(C2c3c(-c4cc(Cl)c(C)cc4O)n[nH]c3C(=O)N2CCCOC(C)C)cc1. The third-order valence-corrected chi connectivity index (χ3v) is 7.26. The molecule has 1 atom stereocenters. The van der Waals surface area contributed by atoms with Crippen LogP contribution in [0.5, 0.6) is 11.5 Å². The first kappa shape index (κ1) is 28.0. The first-order valence-corrected chi connectivity index (χ1v) is 13.9.